The van der Waals surface area contributed by atoms with E-state index in [0.717, 1.165) is 34.8 Å². The monoisotopic (exact) mass is 414 g/mol. The number of nitrogens with one attached hydrogen (secondary N) is 2. The van der Waals surface area contributed by atoms with E-state index in [1.807, 2.05) is 58.9 Å². The lowest BCUT2D eigenvalue weighted by Crippen LogP contribution is -2.46. The molecule has 6 nitrogen and oxygen atoms in total. The summed E-state index contributed by atoms with van der Waals surface area (Å²) in [6.07, 6.45) is 1.52. The molecule has 1 fully saturated rings. The molecule has 2 heterocycles. The molecular formula is C25H26N4O2. The van der Waals surface area contributed by atoms with Crippen molar-refractivity contribution in [1.29, 1.82) is 0 Å². The molecule has 0 saturated carbocycles. The molecule has 0 spiro atoms. The quantitative estimate of drug-likeness (QED) is 0.515. The number of carbonyl (C=O) groups is 1. The van der Waals surface area contributed by atoms with Crippen LogP contribution in [-0.2, 0) is 0 Å². The van der Waals surface area contributed by atoms with Crippen molar-refractivity contribution in [1.82, 2.24) is 19.8 Å². The number of nitrogens with zero attached hydrogens (tertiary/aromatic N) is 2. The lowest BCUT2D eigenvalue weighted by atomic mass is 10.00. The van der Waals surface area contributed by atoms with Crippen LogP contribution in [0.15, 0.2) is 71.5 Å². The van der Waals surface area contributed by atoms with Gasteiger partial charge in [0.1, 0.15) is 0 Å². The zero-order valence-corrected chi connectivity index (χ0v) is 17.5. The second-order valence-electron chi connectivity index (χ2n) is 8.28. The SMILES string of the molecule is C[C@H](NC(=O)N1CCC(n2c(=O)[nH]c3ccccc32)CC1)c1cccc2ccccc12. The number of hydrogen-bond donors (Lipinski definition) is 2. The van der Waals surface area contributed by atoms with Gasteiger partial charge in [0.15, 0.2) is 0 Å². The zero-order valence-electron chi connectivity index (χ0n) is 17.5. The Morgan fingerprint density at radius 2 is 1.71 bits per heavy atom. The summed E-state index contributed by atoms with van der Waals surface area (Å²) in [6.45, 7) is 3.29. The van der Waals surface area contributed by atoms with Gasteiger partial charge < -0.3 is 15.2 Å². The van der Waals surface area contributed by atoms with Gasteiger partial charge in [0.05, 0.1) is 17.1 Å². The molecule has 1 atom stereocenters. The molecule has 3 aromatic carbocycles. The van der Waals surface area contributed by atoms with Crippen LogP contribution in [0.4, 0.5) is 4.79 Å². The molecule has 0 unspecified atom stereocenters. The third-order valence-corrected chi connectivity index (χ3v) is 6.37. The lowest BCUT2D eigenvalue weighted by molar-refractivity contribution is 0.169. The van der Waals surface area contributed by atoms with Crippen molar-refractivity contribution in [3.63, 3.8) is 0 Å². The number of carbonyl (C=O) groups excluding carboxylic acids is 1. The van der Waals surface area contributed by atoms with Crippen LogP contribution in [0.2, 0.25) is 0 Å². The van der Waals surface area contributed by atoms with Gasteiger partial charge in [-0.1, -0.05) is 54.6 Å². The molecule has 6 heteroatoms. The minimum atomic E-state index is -0.0902. The van der Waals surface area contributed by atoms with Gasteiger partial charge in [-0.25, -0.2) is 9.59 Å². The van der Waals surface area contributed by atoms with E-state index in [-0.39, 0.29) is 23.8 Å². The molecule has 0 bridgehead atoms. The molecule has 2 N–H and O–H groups in total. The summed E-state index contributed by atoms with van der Waals surface area (Å²) in [5.74, 6) is 0. The first-order valence-electron chi connectivity index (χ1n) is 10.8. The number of H-pyrrole nitrogens is 1. The van der Waals surface area contributed by atoms with Crippen LogP contribution >= 0.6 is 0 Å². The summed E-state index contributed by atoms with van der Waals surface area (Å²) in [6, 6.07) is 22.1. The van der Waals surface area contributed by atoms with Crippen molar-refractivity contribution in [3.05, 3.63) is 82.8 Å². The summed E-state index contributed by atoms with van der Waals surface area (Å²) in [5, 5.41) is 5.50. The van der Waals surface area contributed by atoms with Crippen LogP contribution in [0.5, 0.6) is 0 Å². The average Bonchev–Trinajstić information content (AvgIpc) is 3.14. The molecule has 1 aliphatic rings. The van der Waals surface area contributed by atoms with Crippen molar-refractivity contribution < 1.29 is 4.79 Å². The number of benzene rings is 3. The fraction of sp³-hybridized carbons (Fsp3) is 0.280. The van der Waals surface area contributed by atoms with Gasteiger partial charge in [0.2, 0.25) is 0 Å². The van der Waals surface area contributed by atoms with E-state index >= 15 is 0 Å². The number of para-hydroxylation sites is 2. The van der Waals surface area contributed by atoms with Crippen LogP contribution in [0.3, 0.4) is 0 Å². The highest BCUT2D eigenvalue weighted by Gasteiger charge is 2.27. The highest BCUT2D eigenvalue weighted by Crippen LogP contribution is 2.27. The number of hydrogen-bond acceptors (Lipinski definition) is 2. The normalized spacial score (nSPS) is 16.0. The number of amides is 2. The Kier molecular flexibility index (Phi) is 4.98. The molecule has 158 valence electrons. The molecule has 1 aliphatic heterocycles. The highest BCUT2D eigenvalue weighted by atomic mass is 16.2. The van der Waals surface area contributed by atoms with Crippen LogP contribution in [0.1, 0.15) is 37.4 Å². The predicted molar refractivity (Wildman–Crippen MR) is 123 cm³/mol. The Labute approximate surface area is 180 Å². The zero-order chi connectivity index (χ0) is 21.4. The van der Waals surface area contributed by atoms with Crippen molar-refractivity contribution in [2.45, 2.75) is 31.8 Å². The maximum atomic E-state index is 12.9. The van der Waals surface area contributed by atoms with E-state index in [4.69, 9.17) is 0 Å². The maximum Gasteiger partial charge on any atom is 0.326 e. The predicted octanol–water partition coefficient (Wildman–Crippen LogP) is 4.59. The van der Waals surface area contributed by atoms with Gasteiger partial charge in [0.25, 0.3) is 0 Å². The van der Waals surface area contributed by atoms with Crippen molar-refractivity contribution in [2.24, 2.45) is 0 Å². The first-order chi connectivity index (χ1) is 15.1. The Morgan fingerprint density at radius 3 is 2.55 bits per heavy atom. The summed E-state index contributed by atoms with van der Waals surface area (Å²) in [5.41, 5.74) is 2.83. The fourth-order valence-electron chi connectivity index (χ4n) is 4.75. The Morgan fingerprint density at radius 1 is 1.00 bits per heavy atom. The molecule has 2 amide bonds. The number of urea groups is 1. The number of piperidine rings is 1. The lowest BCUT2D eigenvalue weighted by Gasteiger charge is -2.33. The highest BCUT2D eigenvalue weighted by molar-refractivity contribution is 5.86. The van der Waals surface area contributed by atoms with Crippen LogP contribution in [0.25, 0.3) is 21.8 Å². The summed E-state index contributed by atoms with van der Waals surface area (Å²) in [4.78, 5) is 30.2. The number of fused-ring (bicyclic) bond motifs is 2. The second kappa shape index (κ2) is 7.95. The van der Waals surface area contributed by atoms with Crippen LogP contribution < -0.4 is 11.0 Å². The standard InChI is InChI=1S/C25H26N4O2/c1-17(20-10-6-8-18-7-2-3-9-21(18)20)26-24(30)28-15-13-19(14-16-28)29-23-12-5-4-11-22(23)27-25(29)31/h2-12,17,19H,13-16H2,1H3,(H,26,30)(H,27,31)/t17-/m0/s1. The maximum absolute atomic E-state index is 12.9. The van der Waals surface area contributed by atoms with E-state index in [2.05, 4.69) is 34.6 Å². The second-order valence-corrected chi connectivity index (χ2v) is 8.28. The number of imidazole rings is 1. The largest absolute Gasteiger partial charge is 0.331 e. The molecule has 0 radical (unpaired) electrons. The van der Waals surface area contributed by atoms with E-state index in [1.54, 1.807) is 0 Å². The third kappa shape index (κ3) is 3.58. The molecular weight excluding hydrogens is 388 g/mol. The van der Waals surface area contributed by atoms with E-state index in [1.165, 1.54) is 5.39 Å². The summed E-state index contributed by atoms with van der Waals surface area (Å²) < 4.78 is 1.85. The van der Waals surface area contributed by atoms with Crippen molar-refractivity contribution in [2.75, 3.05) is 13.1 Å². The molecule has 5 rings (SSSR count). The van der Waals surface area contributed by atoms with Crippen LogP contribution in [0, 0.1) is 0 Å². The van der Waals surface area contributed by atoms with Gasteiger partial charge >= 0.3 is 11.7 Å². The minimum Gasteiger partial charge on any atom is -0.331 e. The van der Waals surface area contributed by atoms with Gasteiger partial charge in [-0.3, -0.25) is 4.57 Å². The van der Waals surface area contributed by atoms with Crippen molar-refractivity contribution >= 4 is 27.8 Å². The molecule has 4 aromatic rings. The number of rotatable bonds is 3. The Hall–Kier alpha value is -3.54. The van der Waals surface area contributed by atoms with E-state index < -0.39 is 0 Å². The average molecular weight is 415 g/mol. The topological polar surface area (TPSA) is 70.1 Å². The number of aromatic nitrogens is 2. The first kappa shape index (κ1) is 19.4. The van der Waals surface area contributed by atoms with Gasteiger partial charge in [-0.05, 0) is 48.2 Å². The third-order valence-electron chi connectivity index (χ3n) is 6.37. The first-order valence-corrected chi connectivity index (χ1v) is 10.8. The summed E-state index contributed by atoms with van der Waals surface area (Å²) in [7, 11) is 0. The van der Waals surface area contributed by atoms with Crippen LogP contribution in [-0.4, -0.2) is 33.6 Å². The fourth-order valence-corrected chi connectivity index (χ4v) is 4.75. The summed E-state index contributed by atoms with van der Waals surface area (Å²) >= 11 is 0. The molecule has 1 aromatic heterocycles. The molecule has 0 aliphatic carbocycles. The van der Waals surface area contributed by atoms with Gasteiger partial charge in [0, 0.05) is 19.1 Å². The molecule has 31 heavy (non-hydrogen) atoms. The van der Waals surface area contributed by atoms with E-state index in [9.17, 15) is 9.59 Å². The Bertz CT molecular complexity index is 1290. The Balaban J connectivity index is 1.27. The number of aromatic amines is 1. The smallest absolute Gasteiger partial charge is 0.326 e. The minimum absolute atomic E-state index is 0.0508. The van der Waals surface area contributed by atoms with Gasteiger partial charge in [-0.15, -0.1) is 0 Å². The van der Waals surface area contributed by atoms with Gasteiger partial charge in [-0.2, -0.15) is 0 Å². The number of likely N-dealkylation sites (tertiary alicyclic amines) is 1. The van der Waals surface area contributed by atoms with Crippen molar-refractivity contribution in [3.8, 4) is 0 Å². The molecule has 1 saturated heterocycles. The van der Waals surface area contributed by atoms with E-state index in [0.29, 0.717) is 13.1 Å².